The van der Waals surface area contributed by atoms with Crippen LogP contribution in [0.2, 0.25) is 10.0 Å². The minimum atomic E-state index is -4.90. The number of anilines is 1. The zero-order valence-corrected chi connectivity index (χ0v) is 20.0. The predicted molar refractivity (Wildman–Crippen MR) is 122 cm³/mol. The molecular formula is C23H21Cl2F3N2O5. The Morgan fingerprint density at radius 3 is 2.26 bits per heavy atom. The number of ether oxygens (including phenoxy) is 3. The lowest BCUT2D eigenvalue weighted by Gasteiger charge is -2.37. The van der Waals surface area contributed by atoms with Crippen LogP contribution in [0.5, 0.6) is 5.75 Å². The number of rotatable bonds is 5. The highest BCUT2D eigenvalue weighted by Gasteiger charge is 2.47. The number of halogens is 5. The number of carbonyl (C=O) groups excluding carboxylic acids is 2. The fourth-order valence-electron chi connectivity index (χ4n) is 4.27. The van der Waals surface area contributed by atoms with Gasteiger partial charge in [-0.2, -0.15) is 0 Å². The summed E-state index contributed by atoms with van der Waals surface area (Å²) in [6.45, 7) is 1.98. The molecule has 2 fully saturated rings. The van der Waals surface area contributed by atoms with Crippen molar-refractivity contribution in [2.24, 2.45) is 0 Å². The Morgan fingerprint density at radius 1 is 1.11 bits per heavy atom. The number of methoxy groups -OCH3 is 1. The molecular weight excluding hydrogens is 512 g/mol. The Balaban J connectivity index is 1.37. The molecule has 1 amide bonds. The third-order valence-corrected chi connectivity index (χ3v) is 6.58. The van der Waals surface area contributed by atoms with Gasteiger partial charge in [-0.1, -0.05) is 23.2 Å². The summed E-state index contributed by atoms with van der Waals surface area (Å²) in [5.41, 5.74) is 0.993. The van der Waals surface area contributed by atoms with Gasteiger partial charge in [-0.05, 0) is 42.0 Å². The number of nitrogens with zero attached hydrogens (tertiary/aromatic N) is 2. The van der Waals surface area contributed by atoms with Crippen molar-refractivity contribution in [2.45, 2.75) is 31.3 Å². The van der Waals surface area contributed by atoms with E-state index in [9.17, 15) is 22.8 Å². The van der Waals surface area contributed by atoms with Crippen molar-refractivity contribution in [3.63, 3.8) is 0 Å². The van der Waals surface area contributed by atoms with Gasteiger partial charge in [0.25, 0.3) is 0 Å². The molecule has 4 rings (SSSR count). The third kappa shape index (κ3) is 5.76. The maximum absolute atomic E-state index is 12.6. The number of alkyl halides is 3. The van der Waals surface area contributed by atoms with E-state index in [-0.39, 0.29) is 10.0 Å². The first-order chi connectivity index (χ1) is 16.5. The smallest absolute Gasteiger partial charge is 0.465 e. The van der Waals surface area contributed by atoms with E-state index in [1.54, 1.807) is 24.3 Å². The van der Waals surface area contributed by atoms with Crippen molar-refractivity contribution in [1.29, 1.82) is 0 Å². The summed E-state index contributed by atoms with van der Waals surface area (Å²) in [7, 11) is 1.30. The molecule has 2 heterocycles. The number of amides is 1. The fourth-order valence-corrected chi connectivity index (χ4v) is 4.88. The van der Waals surface area contributed by atoms with Gasteiger partial charge in [0.2, 0.25) is 0 Å². The van der Waals surface area contributed by atoms with E-state index in [0.29, 0.717) is 55.8 Å². The zero-order chi connectivity index (χ0) is 25.4. The Bertz CT molecular complexity index is 1100. The number of esters is 1. The van der Waals surface area contributed by atoms with Gasteiger partial charge in [-0.15, -0.1) is 13.2 Å². The molecule has 2 saturated heterocycles. The summed E-state index contributed by atoms with van der Waals surface area (Å²) in [4.78, 5) is 27.8. The first-order valence-corrected chi connectivity index (χ1v) is 11.4. The van der Waals surface area contributed by atoms with Crippen LogP contribution in [0.3, 0.4) is 0 Å². The highest BCUT2D eigenvalue weighted by Crippen LogP contribution is 2.39. The molecule has 35 heavy (non-hydrogen) atoms. The van der Waals surface area contributed by atoms with Crippen molar-refractivity contribution in [1.82, 2.24) is 4.90 Å². The number of hydrogen-bond donors (Lipinski definition) is 0. The first kappa shape index (κ1) is 25.4. The Labute approximate surface area is 209 Å². The molecule has 0 atom stereocenters. The van der Waals surface area contributed by atoms with Crippen molar-refractivity contribution >= 4 is 41.0 Å². The summed E-state index contributed by atoms with van der Waals surface area (Å²) in [6.07, 6.45) is -4.20. The van der Waals surface area contributed by atoms with Gasteiger partial charge >= 0.3 is 18.4 Å². The monoisotopic (exact) mass is 532 g/mol. The highest BCUT2D eigenvalue weighted by molar-refractivity contribution is 6.37. The average Bonchev–Trinajstić information content (AvgIpc) is 3.12. The molecule has 0 unspecified atom stereocenters. The number of carbonyl (C=O) groups is 2. The van der Waals surface area contributed by atoms with E-state index in [2.05, 4.69) is 14.4 Å². The second-order valence-corrected chi connectivity index (χ2v) is 9.20. The molecule has 2 aromatic carbocycles. The van der Waals surface area contributed by atoms with Gasteiger partial charge in [-0.25, -0.2) is 9.59 Å². The molecule has 2 aliphatic rings. The minimum Gasteiger partial charge on any atom is -0.465 e. The average molecular weight is 533 g/mol. The summed E-state index contributed by atoms with van der Waals surface area (Å²) >= 11 is 11.9. The topological polar surface area (TPSA) is 68.3 Å². The second kappa shape index (κ2) is 9.75. The van der Waals surface area contributed by atoms with Crippen LogP contribution in [0.25, 0.3) is 0 Å². The molecule has 0 aromatic heterocycles. The van der Waals surface area contributed by atoms with Gasteiger partial charge in [0, 0.05) is 38.2 Å². The van der Waals surface area contributed by atoms with Crippen LogP contribution < -0.4 is 9.64 Å². The summed E-state index contributed by atoms with van der Waals surface area (Å²) in [6, 6.07) is 9.30. The molecule has 0 N–H and O–H groups in total. The van der Waals surface area contributed by atoms with Crippen LogP contribution in [0.15, 0.2) is 36.4 Å². The largest absolute Gasteiger partial charge is 0.573 e. The predicted octanol–water partition coefficient (Wildman–Crippen LogP) is 5.67. The first-order valence-electron chi connectivity index (χ1n) is 10.6. The Hall–Kier alpha value is -2.69. The fraction of sp³-hybridized carbons (Fsp3) is 0.391. The Kier molecular flexibility index (Phi) is 7.08. The van der Waals surface area contributed by atoms with Gasteiger partial charge in [-0.3, -0.25) is 9.80 Å². The number of benzene rings is 2. The van der Waals surface area contributed by atoms with Gasteiger partial charge in [0.15, 0.2) is 5.75 Å². The van der Waals surface area contributed by atoms with Crippen LogP contribution in [-0.4, -0.2) is 55.7 Å². The van der Waals surface area contributed by atoms with Crippen LogP contribution >= 0.6 is 23.2 Å². The van der Waals surface area contributed by atoms with Crippen molar-refractivity contribution in [3.8, 4) is 5.75 Å². The lowest BCUT2D eigenvalue weighted by Crippen LogP contribution is -2.46. The van der Waals surface area contributed by atoms with Crippen molar-refractivity contribution < 1.29 is 37.0 Å². The molecule has 2 aromatic rings. The van der Waals surface area contributed by atoms with E-state index in [1.807, 2.05) is 0 Å². The van der Waals surface area contributed by atoms with E-state index in [1.165, 1.54) is 24.1 Å². The summed E-state index contributed by atoms with van der Waals surface area (Å²) in [5.74, 6) is -1.09. The number of piperidine rings is 1. The quantitative estimate of drug-likeness (QED) is 0.462. The standard InChI is InChI=1S/C23H21Cl2F3N2O5/c1-33-20(31)15-2-4-16(5-3-15)30-13-22(35-21(30)32)6-8-29(9-7-22)12-14-10-17(24)19(18(25)11-14)34-23(26,27)28/h2-5,10-11H,6-9,12-13H2,1H3. The van der Waals surface area contributed by atoms with Crippen LogP contribution in [0.1, 0.15) is 28.8 Å². The summed E-state index contributed by atoms with van der Waals surface area (Å²) < 4.78 is 52.0. The second-order valence-electron chi connectivity index (χ2n) is 8.39. The Morgan fingerprint density at radius 2 is 1.71 bits per heavy atom. The van der Waals surface area contributed by atoms with Crippen molar-refractivity contribution in [3.05, 3.63) is 57.6 Å². The molecule has 0 aliphatic carbocycles. The summed E-state index contributed by atoms with van der Waals surface area (Å²) in [5, 5.41) is -0.450. The SMILES string of the molecule is COC(=O)c1ccc(N2CC3(CCN(Cc4cc(Cl)c(OC(F)(F)F)c(Cl)c4)CC3)OC2=O)cc1. The molecule has 2 aliphatic heterocycles. The van der Waals surface area contributed by atoms with E-state index < -0.39 is 29.8 Å². The zero-order valence-electron chi connectivity index (χ0n) is 18.5. The number of hydrogen-bond acceptors (Lipinski definition) is 6. The minimum absolute atomic E-state index is 0.225. The molecule has 0 radical (unpaired) electrons. The van der Waals surface area contributed by atoms with E-state index >= 15 is 0 Å². The lowest BCUT2D eigenvalue weighted by molar-refractivity contribution is -0.274. The normalized spacial score (nSPS) is 18.0. The maximum Gasteiger partial charge on any atom is 0.573 e. The van der Waals surface area contributed by atoms with Gasteiger partial charge in [0.1, 0.15) is 5.60 Å². The van der Waals surface area contributed by atoms with Crippen LogP contribution in [-0.2, 0) is 16.0 Å². The van der Waals surface area contributed by atoms with Crippen LogP contribution in [0.4, 0.5) is 23.7 Å². The molecule has 0 saturated carbocycles. The molecule has 188 valence electrons. The van der Waals surface area contributed by atoms with Crippen molar-refractivity contribution in [2.75, 3.05) is 31.6 Å². The molecule has 0 bridgehead atoms. The highest BCUT2D eigenvalue weighted by atomic mass is 35.5. The van der Waals surface area contributed by atoms with E-state index in [0.717, 1.165) is 0 Å². The third-order valence-electron chi connectivity index (χ3n) is 6.02. The van der Waals surface area contributed by atoms with Crippen LogP contribution in [0, 0.1) is 0 Å². The molecule has 1 spiro atoms. The lowest BCUT2D eigenvalue weighted by atomic mass is 9.91. The maximum atomic E-state index is 12.6. The van der Waals surface area contributed by atoms with E-state index in [4.69, 9.17) is 27.9 Å². The van der Waals surface area contributed by atoms with Gasteiger partial charge < -0.3 is 14.2 Å². The van der Waals surface area contributed by atoms with Gasteiger partial charge in [0.05, 0.1) is 29.3 Å². The number of likely N-dealkylation sites (tertiary alicyclic amines) is 1. The molecule has 12 heteroatoms. The molecule has 7 nitrogen and oxygen atoms in total.